The van der Waals surface area contributed by atoms with Crippen LogP contribution >= 0.6 is 24.8 Å². The van der Waals surface area contributed by atoms with Gasteiger partial charge in [0.25, 0.3) is 0 Å². The molecule has 1 aromatic heterocycles. The fourth-order valence-electron chi connectivity index (χ4n) is 1.08. The summed E-state index contributed by atoms with van der Waals surface area (Å²) in [5.74, 6) is 0. The van der Waals surface area contributed by atoms with E-state index in [9.17, 15) is 0 Å². The third-order valence-corrected chi connectivity index (χ3v) is 1.84. The molecule has 0 saturated carbocycles. The topological polar surface area (TPSA) is 38.9 Å². The minimum absolute atomic E-state index is 0. The molecule has 1 aromatic rings. The van der Waals surface area contributed by atoms with Crippen molar-refractivity contribution in [3.63, 3.8) is 0 Å². The van der Waals surface area contributed by atoms with Crippen LogP contribution in [-0.4, -0.2) is 4.98 Å². The van der Waals surface area contributed by atoms with E-state index in [0.29, 0.717) is 0 Å². The van der Waals surface area contributed by atoms with Crippen LogP contribution in [-0.2, 0) is 0 Å². The van der Waals surface area contributed by atoms with Gasteiger partial charge in [-0.25, -0.2) is 0 Å². The lowest BCUT2D eigenvalue weighted by Crippen LogP contribution is -2.11. The summed E-state index contributed by atoms with van der Waals surface area (Å²) in [4.78, 5) is 4.22. The van der Waals surface area contributed by atoms with Crippen molar-refractivity contribution in [3.05, 3.63) is 29.6 Å². The number of nitrogens with zero attached hydrogens (tertiary/aromatic N) is 1. The van der Waals surface area contributed by atoms with Crippen LogP contribution in [0.4, 0.5) is 0 Å². The number of rotatable bonds is 2. The fourth-order valence-corrected chi connectivity index (χ4v) is 1.08. The monoisotopic (exact) mass is 222 g/mol. The molecule has 1 unspecified atom stereocenters. The van der Waals surface area contributed by atoms with E-state index in [0.717, 1.165) is 12.1 Å². The lowest BCUT2D eigenvalue weighted by Gasteiger charge is -2.09. The van der Waals surface area contributed by atoms with E-state index in [1.807, 2.05) is 19.1 Å². The normalized spacial score (nSPS) is 11.0. The molecule has 2 N–H and O–H groups in total. The second-order valence-electron chi connectivity index (χ2n) is 2.72. The van der Waals surface area contributed by atoms with E-state index in [4.69, 9.17) is 5.73 Å². The Labute approximate surface area is 91.8 Å². The quantitative estimate of drug-likeness (QED) is 0.836. The van der Waals surface area contributed by atoms with Crippen LogP contribution in [0.2, 0.25) is 0 Å². The highest BCUT2D eigenvalue weighted by molar-refractivity contribution is 5.85. The van der Waals surface area contributed by atoms with Gasteiger partial charge in [0, 0.05) is 12.2 Å². The van der Waals surface area contributed by atoms with Crippen molar-refractivity contribution < 1.29 is 0 Å². The summed E-state index contributed by atoms with van der Waals surface area (Å²) in [6, 6.07) is 4.06. The molecule has 0 aliphatic carbocycles. The van der Waals surface area contributed by atoms with Crippen molar-refractivity contribution in [1.82, 2.24) is 4.98 Å². The Hall–Kier alpha value is -0.310. The zero-order valence-electron chi connectivity index (χ0n) is 7.86. The average molecular weight is 223 g/mol. The number of nitrogens with two attached hydrogens (primary N) is 1. The average Bonchev–Trinajstić information content (AvgIpc) is 2.04. The maximum absolute atomic E-state index is 5.83. The number of hydrogen-bond acceptors (Lipinski definition) is 2. The van der Waals surface area contributed by atoms with E-state index < -0.39 is 0 Å². The highest BCUT2D eigenvalue weighted by Gasteiger charge is 2.05. The number of halogens is 2. The van der Waals surface area contributed by atoms with Gasteiger partial charge in [-0.15, -0.1) is 24.8 Å². The summed E-state index contributed by atoms with van der Waals surface area (Å²) >= 11 is 0. The lowest BCUT2D eigenvalue weighted by atomic mass is 10.1. The predicted octanol–water partition coefficient (Wildman–Crippen LogP) is 2.64. The first-order valence-corrected chi connectivity index (χ1v) is 3.92. The van der Waals surface area contributed by atoms with E-state index in [-0.39, 0.29) is 30.9 Å². The molecule has 0 aliphatic rings. The molecule has 0 fully saturated rings. The molecule has 76 valence electrons. The molecule has 0 bridgehead atoms. The first-order valence-electron chi connectivity index (χ1n) is 3.92. The van der Waals surface area contributed by atoms with Gasteiger partial charge in [0.1, 0.15) is 0 Å². The second kappa shape index (κ2) is 7.13. The standard InChI is InChI=1S/C9H14N2.2ClH/c1-3-8(10)9-7(2)5-4-6-11-9;;/h4-6,8H,3,10H2,1-2H3;2*1H. The molecule has 0 aliphatic heterocycles. The van der Waals surface area contributed by atoms with Crippen LogP contribution in [0.15, 0.2) is 18.3 Å². The van der Waals surface area contributed by atoms with Gasteiger partial charge in [0.15, 0.2) is 0 Å². The first kappa shape index (κ1) is 15.2. The molecular formula is C9H16Cl2N2. The molecule has 13 heavy (non-hydrogen) atoms. The maximum Gasteiger partial charge on any atom is 0.0599 e. The SMILES string of the molecule is CCC(N)c1ncccc1C.Cl.Cl. The minimum atomic E-state index is 0. The Morgan fingerprint density at radius 2 is 2.08 bits per heavy atom. The van der Waals surface area contributed by atoms with Gasteiger partial charge in [0.05, 0.1) is 5.69 Å². The number of hydrogen-bond donors (Lipinski definition) is 1. The molecule has 0 aromatic carbocycles. The largest absolute Gasteiger partial charge is 0.323 e. The van der Waals surface area contributed by atoms with Crippen molar-refractivity contribution in [2.75, 3.05) is 0 Å². The number of pyridine rings is 1. The molecule has 0 saturated heterocycles. The van der Waals surface area contributed by atoms with Gasteiger partial charge in [-0.2, -0.15) is 0 Å². The molecule has 1 atom stereocenters. The summed E-state index contributed by atoms with van der Waals surface area (Å²) < 4.78 is 0. The first-order chi connectivity index (χ1) is 5.25. The molecule has 0 spiro atoms. The molecule has 0 amide bonds. The maximum atomic E-state index is 5.83. The van der Waals surface area contributed by atoms with Crippen molar-refractivity contribution in [1.29, 1.82) is 0 Å². The Balaban J connectivity index is 0. The van der Waals surface area contributed by atoms with Gasteiger partial charge in [-0.3, -0.25) is 4.98 Å². The van der Waals surface area contributed by atoms with Crippen LogP contribution in [0.1, 0.15) is 30.6 Å². The van der Waals surface area contributed by atoms with Crippen LogP contribution in [0, 0.1) is 6.92 Å². The van der Waals surface area contributed by atoms with Crippen molar-refractivity contribution in [2.24, 2.45) is 5.73 Å². The number of aromatic nitrogens is 1. The zero-order valence-corrected chi connectivity index (χ0v) is 9.49. The van der Waals surface area contributed by atoms with E-state index in [1.165, 1.54) is 5.56 Å². The van der Waals surface area contributed by atoms with E-state index >= 15 is 0 Å². The van der Waals surface area contributed by atoms with Crippen molar-refractivity contribution >= 4 is 24.8 Å². The van der Waals surface area contributed by atoms with Gasteiger partial charge < -0.3 is 5.73 Å². The summed E-state index contributed by atoms with van der Waals surface area (Å²) in [6.45, 7) is 4.11. The van der Waals surface area contributed by atoms with E-state index in [2.05, 4.69) is 11.9 Å². The molecular weight excluding hydrogens is 207 g/mol. The molecule has 1 rings (SSSR count). The Kier molecular flexibility index (Phi) is 8.32. The van der Waals surface area contributed by atoms with Gasteiger partial charge >= 0.3 is 0 Å². The smallest absolute Gasteiger partial charge is 0.0599 e. The minimum Gasteiger partial charge on any atom is -0.323 e. The number of aryl methyl sites for hydroxylation is 1. The summed E-state index contributed by atoms with van der Waals surface area (Å²) in [5.41, 5.74) is 8.04. The fraction of sp³-hybridized carbons (Fsp3) is 0.444. The Morgan fingerprint density at radius 3 is 2.54 bits per heavy atom. The summed E-state index contributed by atoms with van der Waals surface area (Å²) in [6.07, 6.45) is 2.73. The summed E-state index contributed by atoms with van der Waals surface area (Å²) in [5, 5.41) is 0. The summed E-state index contributed by atoms with van der Waals surface area (Å²) in [7, 11) is 0. The highest BCUT2D eigenvalue weighted by atomic mass is 35.5. The van der Waals surface area contributed by atoms with Gasteiger partial charge in [0.2, 0.25) is 0 Å². The molecule has 1 heterocycles. The van der Waals surface area contributed by atoms with Gasteiger partial charge in [-0.05, 0) is 25.0 Å². The molecule has 4 heteroatoms. The zero-order chi connectivity index (χ0) is 8.27. The van der Waals surface area contributed by atoms with Crippen molar-refractivity contribution in [3.8, 4) is 0 Å². The van der Waals surface area contributed by atoms with Crippen molar-refractivity contribution in [2.45, 2.75) is 26.3 Å². The van der Waals surface area contributed by atoms with Crippen LogP contribution in [0.3, 0.4) is 0 Å². The third kappa shape index (κ3) is 3.94. The predicted molar refractivity (Wildman–Crippen MR) is 60.7 cm³/mol. The van der Waals surface area contributed by atoms with Crippen LogP contribution < -0.4 is 5.73 Å². The highest BCUT2D eigenvalue weighted by Crippen LogP contribution is 2.13. The van der Waals surface area contributed by atoms with Crippen LogP contribution in [0.25, 0.3) is 0 Å². The second-order valence-corrected chi connectivity index (χ2v) is 2.72. The molecule has 2 nitrogen and oxygen atoms in total. The Bertz CT molecular complexity index is 241. The van der Waals surface area contributed by atoms with E-state index in [1.54, 1.807) is 6.20 Å². The Morgan fingerprint density at radius 1 is 1.46 bits per heavy atom. The van der Waals surface area contributed by atoms with Gasteiger partial charge in [-0.1, -0.05) is 13.0 Å². The third-order valence-electron chi connectivity index (χ3n) is 1.84. The molecule has 0 radical (unpaired) electrons. The van der Waals surface area contributed by atoms with Crippen LogP contribution in [0.5, 0.6) is 0 Å². The lowest BCUT2D eigenvalue weighted by molar-refractivity contribution is 0.670.